The molecule has 0 heterocycles. The first-order chi connectivity index (χ1) is 10.5. The van der Waals surface area contributed by atoms with Crippen molar-refractivity contribution >= 4 is 12.8 Å². The minimum atomic E-state index is 0.317. The molecule has 0 N–H and O–H groups in total. The van der Waals surface area contributed by atoms with Crippen LogP contribution >= 0.6 is 0 Å². The number of rotatable bonds is 9. The average molecular weight is 310 g/mol. The Morgan fingerprint density at radius 1 is 0.864 bits per heavy atom. The van der Waals surface area contributed by atoms with E-state index in [-0.39, 0.29) is 0 Å². The van der Waals surface area contributed by atoms with Gasteiger partial charge in [-0.25, -0.2) is 0 Å². The standard InChI is InChI=1S/C15H22N2O5/c1-16(9-18)7-11-13(20-3)6-14(21-4)12(15(11)22-5)8-17(2)10-19/h6,9-10H,7-8H2,1-5H3. The molecule has 1 aromatic carbocycles. The molecule has 2 amide bonds. The molecule has 0 saturated heterocycles. The van der Waals surface area contributed by atoms with Crippen molar-refractivity contribution in [3.8, 4) is 17.2 Å². The molecule has 0 bridgehead atoms. The topological polar surface area (TPSA) is 68.3 Å². The smallest absolute Gasteiger partial charge is 0.209 e. The van der Waals surface area contributed by atoms with E-state index in [2.05, 4.69) is 0 Å². The van der Waals surface area contributed by atoms with Crippen LogP contribution < -0.4 is 14.2 Å². The Bertz CT molecular complexity index is 491. The highest BCUT2D eigenvalue weighted by molar-refractivity contribution is 5.59. The lowest BCUT2D eigenvalue weighted by Gasteiger charge is -2.23. The Morgan fingerprint density at radius 2 is 1.27 bits per heavy atom. The van der Waals surface area contributed by atoms with Crippen LogP contribution in [0.3, 0.4) is 0 Å². The summed E-state index contributed by atoms with van der Waals surface area (Å²) < 4.78 is 16.3. The zero-order chi connectivity index (χ0) is 16.7. The van der Waals surface area contributed by atoms with Crippen LogP contribution in [0, 0.1) is 0 Å². The van der Waals surface area contributed by atoms with Gasteiger partial charge in [-0.2, -0.15) is 0 Å². The fourth-order valence-corrected chi connectivity index (χ4v) is 2.18. The molecule has 1 rings (SSSR count). The first kappa shape index (κ1) is 17.6. The summed E-state index contributed by atoms with van der Waals surface area (Å²) in [5, 5.41) is 0. The van der Waals surface area contributed by atoms with Crippen LogP contribution in [0.2, 0.25) is 0 Å². The molecular formula is C15H22N2O5. The summed E-state index contributed by atoms with van der Waals surface area (Å²) in [6, 6.07) is 1.73. The van der Waals surface area contributed by atoms with Gasteiger partial charge in [0.1, 0.15) is 17.2 Å². The van der Waals surface area contributed by atoms with E-state index in [4.69, 9.17) is 14.2 Å². The normalized spacial score (nSPS) is 9.86. The summed E-state index contributed by atoms with van der Waals surface area (Å²) in [7, 11) is 7.93. The summed E-state index contributed by atoms with van der Waals surface area (Å²) in [5.41, 5.74) is 1.43. The van der Waals surface area contributed by atoms with E-state index in [1.165, 1.54) is 31.1 Å². The molecule has 0 aliphatic carbocycles. The number of hydrogen-bond donors (Lipinski definition) is 0. The number of carbonyl (C=O) groups is 2. The zero-order valence-corrected chi connectivity index (χ0v) is 13.6. The Kier molecular flexibility index (Phi) is 6.49. The molecule has 0 unspecified atom stereocenters. The SMILES string of the molecule is COc1cc(OC)c(CN(C)C=O)c(OC)c1CN(C)C=O. The fraction of sp³-hybridized carbons (Fsp3) is 0.467. The van der Waals surface area contributed by atoms with Gasteiger partial charge in [0.15, 0.2) is 0 Å². The quantitative estimate of drug-likeness (QED) is 0.634. The van der Waals surface area contributed by atoms with Gasteiger partial charge < -0.3 is 24.0 Å². The third kappa shape index (κ3) is 3.81. The van der Waals surface area contributed by atoms with E-state index in [1.807, 2.05) is 0 Å². The maximum atomic E-state index is 10.9. The summed E-state index contributed by atoms with van der Waals surface area (Å²) in [6.07, 6.45) is 1.45. The minimum absolute atomic E-state index is 0.317. The second-order valence-corrected chi connectivity index (χ2v) is 4.81. The molecule has 0 aliphatic heterocycles. The predicted molar refractivity (Wildman–Crippen MR) is 81.2 cm³/mol. The largest absolute Gasteiger partial charge is 0.496 e. The number of ether oxygens (including phenoxy) is 3. The van der Waals surface area contributed by atoms with Crippen molar-refractivity contribution in [2.75, 3.05) is 35.4 Å². The Balaban J connectivity index is 3.48. The molecule has 122 valence electrons. The summed E-state index contributed by atoms with van der Waals surface area (Å²) in [6.45, 7) is 0.634. The first-order valence-corrected chi connectivity index (χ1v) is 6.64. The highest BCUT2D eigenvalue weighted by Gasteiger charge is 2.22. The van der Waals surface area contributed by atoms with Gasteiger partial charge in [0, 0.05) is 20.2 Å². The summed E-state index contributed by atoms with van der Waals surface area (Å²) in [5.74, 6) is 1.65. The number of carbonyl (C=O) groups excluding carboxylic acids is 2. The van der Waals surface area contributed by atoms with Crippen LogP contribution in [0.5, 0.6) is 17.2 Å². The first-order valence-electron chi connectivity index (χ1n) is 6.64. The Hall–Kier alpha value is -2.44. The van der Waals surface area contributed by atoms with Gasteiger partial charge in [-0.15, -0.1) is 0 Å². The van der Waals surface area contributed by atoms with Gasteiger partial charge in [-0.1, -0.05) is 0 Å². The molecule has 0 aliphatic rings. The zero-order valence-electron chi connectivity index (χ0n) is 13.6. The van der Waals surface area contributed by atoms with Crippen LogP contribution in [0.25, 0.3) is 0 Å². The van der Waals surface area contributed by atoms with Gasteiger partial charge in [0.2, 0.25) is 12.8 Å². The van der Waals surface area contributed by atoms with Gasteiger partial charge in [0.05, 0.1) is 45.5 Å². The van der Waals surface area contributed by atoms with Crippen molar-refractivity contribution in [2.24, 2.45) is 0 Å². The minimum Gasteiger partial charge on any atom is -0.496 e. The average Bonchev–Trinajstić information content (AvgIpc) is 2.54. The Labute approximate surface area is 130 Å². The lowest BCUT2D eigenvalue weighted by Crippen LogP contribution is -2.19. The maximum Gasteiger partial charge on any atom is 0.209 e. The van der Waals surface area contributed by atoms with Crippen LogP contribution in [0.15, 0.2) is 6.07 Å². The van der Waals surface area contributed by atoms with E-state index in [0.717, 1.165) is 23.9 Å². The number of hydrogen-bond acceptors (Lipinski definition) is 5. The molecular weight excluding hydrogens is 288 g/mol. The maximum absolute atomic E-state index is 10.9. The van der Waals surface area contributed by atoms with Gasteiger partial charge in [-0.3, -0.25) is 9.59 Å². The number of benzene rings is 1. The lowest BCUT2D eigenvalue weighted by molar-refractivity contribution is -0.118. The van der Waals surface area contributed by atoms with Crippen molar-refractivity contribution in [3.05, 3.63) is 17.2 Å². The van der Waals surface area contributed by atoms with Crippen molar-refractivity contribution in [1.82, 2.24) is 9.80 Å². The molecule has 0 saturated carbocycles. The van der Waals surface area contributed by atoms with Crippen LogP contribution in [0.4, 0.5) is 0 Å². The van der Waals surface area contributed by atoms with Gasteiger partial charge in [0.25, 0.3) is 0 Å². The van der Waals surface area contributed by atoms with Crippen molar-refractivity contribution in [1.29, 1.82) is 0 Å². The summed E-state index contributed by atoms with van der Waals surface area (Å²) >= 11 is 0. The van der Waals surface area contributed by atoms with Crippen molar-refractivity contribution in [2.45, 2.75) is 13.1 Å². The van der Waals surface area contributed by atoms with Crippen LogP contribution in [0.1, 0.15) is 11.1 Å². The van der Waals surface area contributed by atoms with E-state index in [0.29, 0.717) is 30.3 Å². The van der Waals surface area contributed by atoms with Crippen molar-refractivity contribution < 1.29 is 23.8 Å². The molecule has 1 aromatic rings. The molecule has 22 heavy (non-hydrogen) atoms. The van der Waals surface area contributed by atoms with Gasteiger partial charge >= 0.3 is 0 Å². The molecule has 0 aromatic heterocycles. The fourth-order valence-electron chi connectivity index (χ4n) is 2.18. The highest BCUT2D eigenvalue weighted by Crippen LogP contribution is 2.40. The molecule has 7 heteroatoms. The van der Waals surface area contributed by atoms with Crippen LogP contribution in [-0.4, -0.2) is 58.0 Å². The molecule has 0 spiro atoms. The molecule has 0 fully saturated rings. The molecule has 7 nitrogen and oxygen atoms in total. The predicted octanol–water partition coefficient (Wildman–Crippen LogP) is 0.889. The lowest BCUT2D eigenvalue weighted by atomic mass is 10.0. The summed E-state index contributed by atoms with van der Waals surface area (Å²) in [4.78, 5) is 24.8. The molecule has 0 radical (unpaired) electrons. The molecule has 0 atom stereocenters. The number of methoxy groups -OCH3 is 3. The third-order valence-corrected chi connectivity index (χ3v) is 3.22. The number of nitrogens with zero attached hydrogens (tertiary/aromatic N) is 2. The monoisotopic (exact) mass is 310 g/mol. The number of amides is 2. The van der Waals surface area contributed by atoms with Crippen LogP contribution in [-0.2, 0) is 22.7 Å². The second kappa shape index (κ2) is 8.11. The van der Waals surface area contributed by atoms with E-state index < -0.39 is 0 Å². The Morgan fingerprint density at radius 3 is 1.55 bits per heavy atom. The highest BCUT2D eigenvalue weighted by atomic mass is 16.5. The van der Waals surface area contributed by atoms with Gasteiger partial charge in [-0.05, 0) is 0 Å². The second-order valence-electron chi connectivity index (χ2n) is 4.81. The van der Waals surface area contributed by atoms with Crippen molar-refractivity contribution in [3.63, 3.8) is 0 Å². The van der Waals surface area contributed by atoms with E-state index >= 15 is 0 Å². The third-order valence-electron chi connectivity index (χ3n) is 3.22. The van der Waals surface area contributed by atoms with E-state index in [9.17, 15) is 9.59 Å². The van der Waals surface area contributed by atoms with E-state index in [1.54, 1.807) is 20.2 Å².